The van der Waals surface area contributed by atoms with Crippen LogP contribution in [-0.4, -0.2) is 0 Å². The summed E-state index contributed by atoms with van der Waals surface area (Å²) in [7, 11) is 0. The van der Waals surface area contributed by atoms with Crippen molar-refractivity contribution >= 4 is 10.8 Å². The average molecular weight is 439 g/mol. The molecule has 0 N–H and O–H groups in total. The van der Waals surface area contributed by atoms with E-state index in [0.717, 1.165) is 29.7 Å². The third-order valence-electron chi connectivity index (χ3n) is 7.12. The van der Waals surface area contributed by atoms with Crippen molar-refractivity contribution < 1.29 is 4.39 Å². The van der Waals surface area contributed by atoms with Crippen LogP contribution in [0.25, 0.3) is 10.8 Å². The van der Waals surface area contributed by atoms with Gasteiger partial charge in [-0.15, -0.1) is 0 Å². The van der Waals surface area contributed by atoms with E-state index in [4.69, 9.17) is 0 Å². The summed E-state index contributed by atoms with van der Waals surface area (Å²) in [6.07, 6.45) is 14.2. The molecule has 0 nitrogen and oxygen atoms in total. The van der Waals surface area contributed by atoms with Crippen LogP contribution in [0, 0.1) is 23.6 Å². The maximum Gasteiger partial charge on any atom is 0.146 e. The Hall–Kier alpha value is -2.85. The predicted molar refractivity (Wildman–Crippen MR) is 139 cm³/mol. The summed E-state index contributed by atoms with van der Waals surface area (Å²) in [6.45, 7) is 4.33. The van der Waals surface area contributed by atoms with Gasteiger partial charge in [-0.2, -0.15) is 0 Å². The van der Waals surface area contributed by atoms with Gasteiger partial charge in [-0.05, 0) is 92.0 Å². The SMILES string of the molecule is C/C=C/CCc1ccc(C#Cc2ccc3cc(C4CCC(CCC)CC4)ccc3c2F)cc1. The fourth-order valence-electron chi connectivity index (χ4n) is 5.16. The lowest BCUT2D eigenvalue weighted by Crippen LogP contribution is -2.13. The van der Waals surface area contributed by atoms with Crippen LogP contribution in [-0.2, 0) is 6.42 Å². The Morgan fingerprint density at radius 2 is 1.73 bits per heavy atom. The molecule has 0 aliphatic heterocycles. The zero-order valence-corrected chi connectivity index (χ0v) is 20.0. The Morgan fingerprint density at radius 1 is 0.939 bits per heavy atom. The zero-order valence-electron chi connectivity index (χ0n) is 20.0. The van der Waals surface area contributed by atoms with E-state index in [1.807, 2.05) is 37.3 Å². The molecule has 3 aromatic rings. The lowest BCUT2D eigenvalue weighted by atomic mass is 9.77. The molecule has 170 valence electrons. The normalized spacial score (nSPS) is 18.4. The van der Waals surface area contributed by atoms with E-state index in [9.17, 15) is 0 Å². The molecular weight excluding hydrogens is 403 g/mol. The van der Waals surface area contributed by atoms with Crippen LogP contribution in [0.4, 0.5) is 4.39 Å². The first-order valence-corrected chi connectivity index (χ1v) is 12.6. The first-order valence-electron chi connectivity index (χ1n) is 12.6. The number of halogens is 1. The zero-order chi connectivity index (χ0) is 23.0. The number of allylic oxidation sites excluding steroid dienone is 2. The first kappa shape index (κ1) is 23.3. The summed E-state index contributed by atoms with van der Waals surface area (Å²) >= 11 is 0. The van der Waals surface area contributed by atoms with Gasteiger partial charge in [0, 0.05) is 10.9 Å². The van der Waals surface area contributed by atoms with Gasteiger partial charge < -0.3 is 0 Å². The summed E-state index contributed by atoms with van der Waals surface area (Å²) < 4.78 is 15.2. The van der Waals surface area contributed by atoms with Crippen LogP contribution < -0.4 is 0 Å². The standard InChI is InChI=1S/C32H35F/c1-3-5-6-8-25-9-11-26(12-10-25)15-18-28-19-20-30-23-29(21-22-31(30)32(28)33)27-16-13-24(7-4-2)14-17-27/h3,5,9-12,19-24,27H,4,6-8,13-14,16-17H2,1-2H3/b5-3+. The number of hydrogen-bond acceptors (Lipinski definition) is 0. The molecule has 33 heavy (non-hydrogen) atoms. The predicted octanol–water partition coefficient (Wildman–Crippen LogP) is 8.96. The van der Waals surface area contributed by atoms with Gasteiger partial charge in [0.05, 0.1) is 5.56 Å². The lowest BCUT2D eigenvalue weighted by Gasteiger charge is -2.28. The van der Waals surface area contributed by atoms with Crippen molar-refractivity contribution in [2.24, 2.45) is 5.92 Å². The van der Waals surface area contributed by atoms with Crippen LogP contribution >= 0.6 is 0 Å². The highest BCUT2D eigenvalue weighted by Gasteiger charge is 2.22. The molecule has 0 atom stereocenters. The summed E-state index contributed by atoms with van der Waals surface area (Å²) in [6, 6.07) is 18.4. The molecule has 0 bridgehead atoms. The molecule has 3 aromatic carbocycles. The van der Waals surface area contributed by atoms with Gasteiger partial charge in [0.2, 0.25) is 0 Å². The van der Waals surface area contributed by atoms with Crippen LogP contribution in [0.5, 0.6) is 0 Å². The van der Waals surface area contributed by atoms with E-state index < -0.39 is 0 Å². The third-order valence-corrected chi connectivity index (χ3v) is 7.12. The molecule has 0 saturated heterocycles. The number of rotatable bonds is 6. The van der Waals surface area contributed by atoms with Crippen molar-refractivity contribution in [2.45, 2.75) is 71.1 Å². The fourth-order valence-corrected chi connectivity index (χ4v) is 5.16. The van der Waals surface area contributed by atoms with Crippen LogP contribution in [0.3, 0.4) is 0 Å². The summed E-state index contributed by atoms with van der Waals surface area (Å²) in [4.78, 5) is 0. The second kappa shape index (κ2) is 11.3. The van der Waals surface area contributed by atoms with E-state index in [2.05, 4.69) is 55.2 Å². The van der Waals surface area contributed by atoms with Crippen molar-refractivity contribution in [1.82, 2.24) is 0 Å². The Morgan fingerprint density at radius 3 is 2.45 bits per heavy atom. The quantitative estimate of drug-likeness (QED) is 0.266. The van der Waals surface area contributed by atoms with Gasteiger partial charge in [-0.3, -0.25) is 0 Å². The monoisotopic (exact) mass is 438 g/mol. The van der Waals surface area contributed by atoms with E-state index in [-0.39, 0.29) is 5.82 Å². The Bertz CT molecular complexity index is 1150. The summed E-state index contributed by atoms with van der Waals surface area (Å²) in [5, 5.41) is 1.65. The highest BCUT2D eigenvalue weighted by atomic mass is 19.1. The number of aryl methyl sites for hydroxylation is 1. The highest BCUT2D eigenvalue weighted by molar-refractivity contribution is 5.85. The van der Waals surface area contributed by atoms with Crippen molar-refractivity contribution in [1.29, 1.82) is 0 Å². The number of hydrogen-bond donors (Lipinski definition) is 0. The maximum atomic E-state index is 15.2. The molecule has 1 aliphatic carbocycles. The van der Waals surface area contributed by atoms with Crippen molar-refractivity contribution in [3.8, 4) is 11.8 Å². The Labute approximate surface area is 198 Å². The second-order valence-electron chi connectivity index (χ2n) is 9.47. The van der Waals surface area contributed by atoms with Crippen LogP contribution in [0.1, 0.15) is 87.0 Å². The molecular formula is C32H35F. The molecule has 0 aromatic heterocycles. The number of benzene rings is 3. The molecule has 1 heteroatoms. The molecule has 0 amide bonds. The fraction of sp³-hybridized carbons (Fsp3) is 0.375. The van der Waals surface area contributed by atoms with Gasteiger partial charge in [-0.1, -0.05) is 80.2 Å². The molecule has 4 rings (SSSR count). The smallest absolute Gasteiger partial charge is 0.146 e. The molecule has 0 radical (unpaired) electrons. The highest BCUT2D eigenvalue weighted by Crippen LogP contribution is 2.38. The molecule has 0 heterocycles. The lowest BCUT2D eigenvalue weighted by molar-refractivity contribution is 0.308. The van der Waals surface area contributed by atoms with Crippen molar-refractivity contribution in [3.63, 3.8) is 0 Å². The van der Waals surface area contributed by atoms with Crippen molar-refractivity contribution in [3.05, 3.63) is 94.8 Å². The minimum absolute atomic E-state index is 0.207. The first-order chi connectivity index (χ1) is 16.2. The van der Waals surface area contributed by atoms with Gasteiger partial charge in [-0.25, -0.2) is 4.39 Å². The average Bonchev–Trinajstić information content (AvgIpc) is 2.85. The van der Waals surface area contributed by atoms with E-state index in [0.29, 0.717) is 16.9 Å². The summed E-state index contributed by atoms with van der Waals surface area (Å²) in [5.41, 5.74) is 4.04. The minimum atomic E-state index is -0.207. The molecule has 1 fully saturated rings. The van der Waals surface area contributed by atoms with Gasteiger partial charge >= 0.3 is 0 Å². The number of fused-ring (bicyclic) bond motifs is 1. The maximum absolute atomic E-state index is 15.2. The third kappa shape index (κ3) is 5.94. The molecule has 0 unspecified atom stereocenters. The van der Waals surface area contributed by atoms with E-state index in [1.54, 1.807) is 0 Å². The second-order valence-corrected chi connectivity index (χ2v) is 9.47. The Balaban J connectivity index is 1.47. The molecule has 0 spiro atoms. The van der Waals surface area contributed by atoms with Crippen LogP contribution in [0.15, 0.2) is 66.7 Å². The van der Waals surface area contributed by atoms with Crippen molar-refractivity contribution in [2.75, 3.05) is 0 Å². The molecule has 1 saturated carbocycles. The minimum Gasteiger partial charge on any atom is -0.205 e. The van der Waals surface area contributed by atoms with Crippen LogP contribution in [0.2, 0.25) is 0 Å². The van der Waals surface area contributed by atoms with E-state index >= 15 is 4.39 Å². The largest absolute Gasteiger partial charge is 0.205 e. The topological polar surface area (TPSA) is 0 Å². The summed E-state index contributed by atoms with van der Waals surface area (Å²) in [5.74, 6) is 7.50. The van der Waals surface area contributed by atoms with Gasteiger partial charge in [0.15, 0.2) is 0 Å². The Kier molecular flexibility index (Phi) is 8.01. The van der Waals surface area contributed by atoms with E-state index in [1.165, 1.54) is 49.7 Å². The molecule has 1 aliphatic rings. The van der Waals surface area contributed by atoms with Gasteiger partial charge in [0.25, 0.3) is 0 Å². The van der Waals surface area contributed by atoms with Gasteiger partial charge in [0.1, 0.15) is 5.82 Å².